The highest BCUT2D eigenvalue weighted by Crippen LogP contribution is 2.41. The van der Waals surface area contributed by atoms with E-state index < -0.39 is 17.6 Å². The van der Waals surface area contributed by atoms with Crippen LogP contribution in [0.15, 0.2) is 4.52 Å². The summed E-state index contributed by atoms with van der Waals surface area (Å²) in [5, 5.41) is 3.43. The summed E-state index contributed by atoms with van der Waals surface area (Å²) in [5.74, 6) is -0.979. The molecule has 3 atom stereocenters. The van der Waals surface area contributed by atoms with Crippen molar-refractivity contribution >= 4 is 0 Å². The summed E-state index contributed by atoms with van der Waals surface area (Å²) >= 11 is 0. The number of nitrogens with zero attached hydrogens (tertiary/aromatic N) is 2. The van der Waals surface area contributed by atoms with E-state index >= 15 is 0 Å². The Labute approximate surface area is 103 Å². The number of hydrogen-bond donors (Lipinski definition) is 1. The molecule has 0 saturated heterocycles. The van der Waals surface area contributed by atoms with Crippen molar-refractivity contribution in [3.05, 3.63) is 11.7 Å². The molecule has 1 aliphatic carbocycles. The summed E-state index contributed by atoms with van der Waals surface area (Å²) in [6, 6.07) is 0. The van der Waals surface area contributed by atoms with E-state index in [0.29, 0.717) is 12.3 Å². The first-order valence-electron chi connectivity index (χ1n) is 5.93. The Morgan fingerprint density at radius 1 is 1.33 bits per heavy atom. The van der Waals surface area contributed by atoms with Crippen molar-refractivity contribution in [2.75, 3.05) is 0 Å². The van der Waals surface area contributed by atoms with Gasteiger partial charge >= 0.3 is 12.1 Å². The molecule has 1 aromatic heterocycles. The molecule has 102 valence electrons. The number of halogens is 3. The number of aromatic nitrogens is 2. The first-order chi connectivity index (χ1) is 8.23. The molecule has 4 nitrogen and oxygen atoms in total. The molecule has 0 amide bonds. The van der Waals surface area contributed by atoms with Gasteiger partial charge in [-0.1, -0.05) is 25.4 Å². The lowest BCUT2D eigenvalue weighted by molar-refractivity contribution is -0.159. The van der Waals surface area contributed by atoms with Crippen LogP contribution in [0.4, 0.5) is 13.2 Å². The summed E-state index contributed by atoms with van der Waals surface area (Å²) in [5.41, 5.74) is 5.29. The quantitative estimate of drug-likeness (QED) is 0.846. The van der Waals surface area contributed by atoms with Crippen molar-refractivity contribution in [2.24, 2.45) is 17.6 Å². The highest BCUT2D eigenvalue weighted by Gasteiger charge is 2.45. The molecule has 0 radical (unpaired) electrons. The van der Waals surface area contributed by atoms with Gasteiger partial charge in [-0.25, -0.2) is 0 Å². The van der Waals surface area contributed by atoms with Gasteiger partial charge in [-0.15, -0.1) is 0 Å². The van der Waals surface area contributed by atoms with Crippen LogP contribution in [0.2, 0.25) is 0 Å². The van der Waals surface area contributed by atoms with E-state index in [9.17, 15) is 13.2 Å². The van der Waals surface area contributed by atoms with Gasteiger partial charge in [0.1, 0.15) is 0 Å². The Kier molecular flexibility index (Phi) is 3.12. The van der Waals surface area contributed by atoms with Crippen LogP contribution in [-0.2, 0) is 11.7 Å². The molecule has 0 aliphatic heterocycles. The molecule has 2 rings (SSSR count). The van der Waals surface area contributed by atoms with Crippen molar-refractivity contribution in [3.8, 4) is 0 Å². The minimum Gasteiger partial charge on any atom is -0.329 e. The maximum Gasteiger partial charge on any atom is 0.471 e. The van der Waals surface area contributed by atoms with Crippen molar-refractivity contribution in [3.63, 3.8) is 0 Å². The van der Waals surface area contributed by atoms with E-state index in [2.05, 4.69) is 14.7 Å². The van der Waals surface area contributed by atoms with Crippen LogP contribution in [0.5, 0.6) is 0 Å². The third kappa shape index (κ3) is 2.23. The van der Waals surface area contributed by atoms with Crippen molar-refractivity contribution < 1.29 is 17.7 Å². The monoisotopic (exact) mass is 263 g/mol. The van der Waals surface area contributed by atoms with Crippen LogP contribution < -0.4 is 5.73 Å². The number of nitrogens with two attached hydrogens (primary N) is 1. The topological polar surface area (TPSA) is 64.9 Å². The molecule has 0 aromatic carbocycles. The first kappa shape index (κ1) is 13.3. The van der Waals surface area contributed by atoms with E-state index in [0.717, 1.165) is 12.8 Å². The van der Waals surface area contributed by atoms with Crippen molar-refractivity contribution in [1.29, 1.82) is 0 Å². The van der Waals surface area contributed by atoms with Gasteiger partial charge in [0.25, 0.3) is 0 Å². The molecule has 1 saturated carbocycles. The van der Waals surface area contributed by atoms with Gasteiger partial charge < -0.3 is 10.3 Å². The van der Waals surface area contributed by atoms with Crippen LogP contribution in [0.25, 0.3) is 0 Å². The van der Waals surface area contributed by atoms with Crippen LogP contribution >= 0.6 is 0 Å². The van der Waals surface area contributed by atoms with Gasteiger partial charge in [-0.05, 0) is 24.7 Å². The second-order valence-corrected chi connectivity index (χ2v) is 5.25. The number of alkyl halides is 3. The molecular weight excluding hydrogens is 247 g/mol. The minimum absolute atomic E-state index is 0.0334. The lowest BCUT2D eigenvalue weighted by Gasteiger charge is -2.39. The highest BCUT2D eigenvalue weighted by atomic mass is 19.4. The van der Waals surface area contributed by atoms with Gasteiger partial charge in [-0.3, -0.25) is 0 Å². The molecule has 1 fully saturated rings. The van der Waals surface area contributed by atoms with E-state index in [1.54, 1.807) is 0 Å². The average molecular weight is 263 g/mol. The van der Waals surface area contributed by atoms with E-state index in [-0.39, 0.29) is 11.7 Å². The second kappa shape index (κ2) is 4.22. The normalized spacial score (nSPS) is 33.7. The Bertz CT molecular complexity index is 431. The van der Waals surface area contributed by atoms with Gasteiger partial charge in [0, 0.05) is 0 Å². The van der Waals surface area contributed by atoms with Crippen LogP contribution in [0.1, 0.15) is 44.8 Å². The Morgan fingerprint density at radius 3 is 2.56 bits per heavy atom. The molecule has 1 aliphatic rings. The zero-order chi connectivity index (χ0) is 13.6. The molecule has 1 aromatic rings. The smallest absolute Gasteiger partial charge is 0.329 e. The highest BCUT2D eigenvalue weighted by molar-refractivity contribution is 5.09. The summed E-state index contributed by atoms with van der Waals surface area (Å²) in [7, 11) is 0. The fraction of sp³-hybridized carbons (Fsp3) is 0.818. The van der Waals surface area contributed by atoms with Gasteiger partial charge in [0.2, 0.25) is 0 Å². The first-order valence-corrected chi connectivity index (χ1v) is 5.93. The molecule has 2 N–H and O–H groups in total. The lowest BCUT2D eigenvalue weighted by Crippen LogP contribution is -2.48. The summed E-state index contributed by atoms with van der Waals surface area (Å²) < 4.78 is 41.6. The Morgan fingerprint density at radius 2 is 2.00 bits per heavy atom. The van der Waals surface area contributed by atoms with Crippen LogP contribution in [-0.4, -0.2) is 10.1 Å². The second-order valence-electron chi connectivity index (χ2n) is 5.25. The van der Waals surface area contributed by atoms with Crippen LogP contribution in [0, 0.1) is 11.8 Å². The zero-order valence-corrected chi connectivity index (χ0v) is 10.3. The van der Waals surface area contributed by atoms with Crippen molar-refractivity contribution in [2.45, 2.75) is 44.8 Å². The third-order valence-electron chi connectivity index (χ3n) is 3.74. The van der Waals surface area contributed by atoms with Crippen LogP contribution in [0.3, 0.4) is 0 Å². The van der Waals surface area contributed by atoms with E-state index in [1.807, 2.05) is 13.8 Å². The van der Waals surface area contributed by atoms with Gasteiger partial charge in [0.05, 0.1) is 5.54 Å². The maximum atomic E-state index is 12.4. The Balaban J connectivity index is 2.32. The predicted octanol–water partition coefficient (Wildman–Crippen LogP) is 2.70. The molecular formula is C11H16F3N3O. The molecule has 1 heterocycles. The number of hydrogen-bond acceptors (Lipinski definition) is 4. The van der Waals surface area contributed by atoms with E-state index in [4.69, 9.17) is 5.73 Å². The lowest BCUT2D eigenvalue weighted by atomic mass is 9.70. The Hall–Kier alpha value is -1.11. The fourth-order valence-corrected chi connectivity index (χ4v) is 2.51. The minimum atomic E-state index is -4.62. The zero-order valence-electron chi connectivity index (χ0n) is 10.3. The predicted molar refractivity (Wildman–Crippen MR) is 57.3 cm³/mol. The van der Waals surface area contributed by atoms with Gasteiger partial charge in [-0.2, -0.15) is 18.2 Å². The largest absolute Gasteiger partial charge is 0.471 e. The fourth-order valence-electron chi connectivity index (χ4n) is 2.51. The maximum absolute atomic E-state index is 12.4. The molecule has 18 heavy (non-hydrogen) atoms. The SMILES string of the molecule is CC1CCC(C)C(N)(c2noc(C(F)(F)F)n2)C1. The van der Waals surface area contributed by atoms with Crippen molar-refractivity contribution in [1.82, 2.24) is 10.1 Å². The summed E-state index contributed by atoms with van der Waals surface area (Å²) in [4.78, 5) is 3.43. The molecule has 3 unspecified atom stereocenters. The molecule has 0 bridgehead atoms. The van der Waals surface area contributed by atoms with Gasteiger partial charge in [0.15, 0.2) is 5.82 Å². The molecule has 0 spiro atoms. The van der Waals surface area contributed by atoms with E-state index in [1.165, 1.54) is 0 Å². The molecule has 7 heteroatoms. The average Bonchev–Trinajstić information content (AvgIpc) is 2.73. The number of rotatable bonds is 1. The summed E-state index contributed by atoms with van der Waals surface area (Å²) in [6.07, 6.45) is -2.17. The summed E-state index contributed by atoms with van der Waals surface area (Å²) in [6.45, 7) is 3.94. The third-order valence-corrected chi connectivity index (χ3v) is 3.74. The standard InChI is InChI=1S/C11H16F3N3O/c1-6-3-4-7(2)10(15,5-6)8-16-9(18-17-8)11(12,13)14/h6-7H,3-5,15H2,1-2H3.